The summed E-state index contributed by atoms with van der Waals surface area (Å²) in [6, 6.07) is 0. The number of aliphatic carboxylic acids is 1. The van der Waals surface area contributed by atoms with Crippen LogP contribution in [0.4, 0.5) is 0 Å². The van der Waals surface area contributed by atoms with E-state index >= 15 is 0 Å². The van der Waals surface area contributed by atoms with Gasteiger partial charge in [-0.1, -0.05) is 0 Å². The molecule has 48 heavy (non-hydrogen) atoms. The molecule has 0 radical (unpaired) electrons. The molecule has 0 spiro atoms. The molecule has 13 atom stereocenters. The Kier molecular flexibility index (Phi) is 13.7. The fraction of sp³-hybridized carbons (Fsp3) is 0.864. The zero-order valence-electron chi connectivity index (χ0n) is 24.6. The van der Waals surface area contributed by atoms with Crippen LogP contribution >= 0.6 is 0 Å². The van der Waals surface area contributed by atoms with Gasteiger partial charge in [-0.05, 0) is 13.0 Å². The minimum atomic E-state index is -5.33. The first-order valence-electron chi connectivity index (χ1n) is 13.7. The number of ether oxygens (including phenoxy) is 5. The molecule has 7 unspecified atom stereocenters. The van der Waals surface area contributed by atoms with Gasteiger partial charge in [0.15, 0.2) is 12.4 Å². The summed E-state index contributed by atoms with van der Waals surface area (Å²) in [5.74, 6) is -6.06. The molecular formula is C22H36O23S3. The SMILES string of the molecule is CC1O[C@@H](COCC2C(COC[C@H]3OC(C(=O)O)=C[C@H](O)C3O)[C@H](O)OC(CS(=O)(=O)O)[C@H]2O)C(OS(=O)(=O)O)C(O)[C@@H]1OS(=O)(=O)O. The molecule has 3 heterocycles. The van der Waals surface area contributed by atoms with Crippen LogP contribution in [0.2, 0.25) is 0 Å². The van der Waals surface area contributed by atoms with E-state index in [1.54, 1.807) is 0 Å². The van der Waals surface area contributed by atoms with E-state index in [0.717, 1.165) is 13.0 Å². The number of carboxylic acid groups (broad SMARTS) is 1. The number of carbonyl (C=O) groups is 1. The van der Waals surface area contributed by atoms with Gasteiger partial charge in [0.05, 0.1) is 38.6 Å². The molecule has 3 aliphatic heterocycles. The Hall–Kier alpha value is -1.70. The van der Waals surface area contributed by atoms with Crippen molar-refractivity contribution in [3.63, 3.8) is 0 Å². The maximum absolute atomic E-state index is 11.5. The molecule has 0 aromatic carbocycles. The lowest BCUT2D eigenvalue weighted by molar-refractivity contribution is -0.263. The van der Waals surface area contributed by atoms with E-state index in [0.29, 0.717) is 0 Å². The molecule has 0 aromatic heterocycles. The lowest BCUT2D eigenvalue weighted by atomic mass is 9.83. The van der Waals surface area contributed by atoms with Gasteiger partial charge in [0.25, 0.3) is 10.1 Å². The summed E-state index contributed by atoms with van der Waals surface area (Å²) in [6.07, 6.45) is -18.7. The minimum absolute atomic E-state index is 0.571. The van der Waals surface area contributed by atoms with Gasteiger partial charge in [0, 0.05) is 11.8 Å². The van der Waals surface area contributed by atoms with Gasteiger partial charge >= 0.3 is 26.8 Å². The van der Waals surface area contributed by atoms with Crippen LogP contribution in [0, 0.1) is 11.8 Å². The minimum Gasteiger partial charge on any atom is -0.478 e. The third-order valence-corrected chi connectivity index (χ3v) is 9.19. The highest BCUT2D eigenvalue weighted by molar-refractivity contribution is 7.85. The Morgan fingerprint density at radius 3 is 1.81 bits per heavy atom. The molecule has 23 nitrogen and oxygen atoms in total. The van der Waals surface area contributed by atoms with Crippen LogP contribution in [-0.4, -0.2) is 175 Å². The second-order valence-corrected chi connectivity index (χ2v) is 14.6. The summed E-state index contributed by atoms with van der Waals surface area (Å²) in [4.78, 5) is 11.2. The summed E-state index contributed by atoms with van der Waals surface area (Å²) in [5, 5.41) is 61.4. The third kappa shape index (κ3) is 11.4. The maximum atomic E-state index is 11.5. The van der Waals surface area contributed by atoms with Crippen molar-refractivity contribution < 1.29 is 106 Å². The maximum Gasteiger partial charge on any atom is 0.397 e. The molecule has 3 aliphatic rings. The first-order valence-corrected chi connectivity index (χ1v) is 18.1. The van der Waals surface area contributed by atoms with E-state index in [1.165, 1.54) is 0 Å². The smallest absolute Gasteiger partial charge is 0.397 e. The van der Waals surface area contributed by atoms with E-state index in [4.69, 9.17) is 33.3 Å². The van der Waals surface area contributed by atoms with E-state index < -0.39 is 154 Å². The van der Waals surface area contributed by atoms with Gasteiger partial charge in [-0.25, -0.2) is 13.2 Å². The average molecular weight is 765 g/mol. The Morgan fingerprint density at radius 1 is 0.729 bits per heavy atom. The highest BCUT2D eigenvalue weighted by Crippen LogP contribution is 2.33. The van der Waals surface area contributed by atoms with Crippen LogP contribution in [0.3, 0.4) is 0 Å². The monoisotopic (exact) mass is 764 g/mol. The van der Waals surface area contributed by atoms with Crippen molar-refractivity contribution in [2.45, 2.75) is 74.3 Å². The van der Waals surface area contributed by atoms with E-state index in [-0.39, 0.29) is 0 Å². The first-order chi connectivity index (χ1) is 22.0. The second-order valence-electron chi connectivity index (χ2n) is 11.0. The molecule has 2 saturated heterocycles. The topological polar surface area (TPSA) is 366 Å². The van der Waals surface area contributed by atoms with Gasteiger partial charge in [-0.15, -0.1) is 0 Å². The van der Waals surface area contributed by atoms with E-state index in [9.17, 15) is 64.7 Å². The van der Waals surface area contributed by atoms with Crippen LogP contribution < -0.4 is 0 Å². The zero-order valence-corrected chi connectivity index (χ0v) is 27.0. The molecular weight excluding hydrogens is 728 g/mol. The summed E-state index contributed by atoms with van der Waals surface area (Å²) < 4.78 is 131. The predicted molar refractivity (Wildman–Crippen MR) is 148 cm³/mol. The third-order valence-electron chi connectivity index (χ3n) is 7.51. The normalized spacial score (nSPS) is 38.2. The van der Waals surface area contributed by atoms with Gasteiger partial charge in [-0.3, -0.25) is 13.7 Å². The van der Waals surface area contributed by atoms with Crippen LogP contribution in [0.25, 0.3) is 0 Å². The lowest BCUT2D eigenvalue weighted by Crippen LogP contribution is -2.60. The van der Waals surface area contributed by atoms with Crippen molar-refractivity contribution >= 4 is 36.9 Å². The molecule has 9 N–H and O–H groups in total. The number of aliphatic hydroxyl groups excluding tert-OH is 5. The van der Waals surface area contributed by atoms with Crippen molar-refractivity contribution in [2.75, 3.05) is 32.2 Å². The Labute approximate surface area is 273 Å². The van der Waals surface area contributed by atoms with Gasteiger partial charge in [0.2, 0.25) is 5.76 Å². The van der Waals surface area contributed by atoms with Gasteiger partial charge in [-0.2, -0.15) is 25.3 Å². The molecule has 0 aromatic rings. The van der Waals surface area contributed by atoms with E-state index in [1.807, 2.05) is 0 Å². The largest absolute Gasteiger partial charge is 0.478 e. The molecule has 3 rings (SSSR count). The van der Waals surface area contributed by atoms with Crippen molar-refractivity contribution in [1.82, 2.24) is 0 Å². The van der Waals surface area contributed by atoms with Gasteiger partial charge in [0.1, 0.15) is 48.5 Å². The fourth-order valence-electron chi connectivity index (χ4n) is 5.30. The summed E-state index contributed by atoms with van der Waals surface area (Å²) >= 11 is 0. The molecule has 2 fully saturated rings. The highest BCUT2D eigenvalue weighted by Gasteiger charge is 2.50. The van der Waals surface area contributed by atoms with Crippen LogP contribution in [-0.2, 0) is 67.8 Å². The number of hydrogen-bond donors (Lipinski definition) is 9. The zero-order chi connectivity index (χ0) is 36.4. The molecule has 0 amide bonds. The number of rotatable bonds is 15. The summed E-state index contributed by atoms with van der Waals surface area (Å²) in [7, 11) is -15.3. The Morgan fingerprint density at radius 2 is 1.27 bits per heavy atom. The lowest BCUT2D eigenvalue weighted by Gasteiger charge is -2.44. The second kappa shape index (κ2) is 16.1. The molecule has 0 aliphatic carbocycles. The first kappa shape index (κ1) is 40.7. The fourth-order valence-corrected chi connectivity index (χ4v) is 7.06. The van der Waals surface area contributed by atoms with E-state index in [2.05, 4.69) is 8.37 Å². The van der Waals surface area contributed by atoms with Crippen molar-refractivity contribution in [1.29, 1.82) is 0 Å². The van der Waals surface area contributed by atoms with Crippen molar-refractivity contribution in [3.8, 4) is 0 Å². The molecule has 0 bridgehead atoms. The number of carboxylic acids is 1. The molecule has 280 valence electrons. The highest BCUT2D eigenvalue weighted by atomic mass is 32.3. The van der Waals surface area contributed by atoms with Crippen molar-refractivity contribution in [2.24, 2.45) is 11.8 Å². The number of hydrogen-bond acceptors (Lipinski definition) is 19. The van der Waals surface area contributed by atoms with Crippen LogP contribution in [0.15, 0.2) is 11.8 Å². The molecule has 0 saturated carbocycles. The summed E-state index contributed by atoms with van der Waals surface area (Å²) in [6.45, 7) is -1.40. The Balaban J connectivity index is 1.76. The quantitative estimate of drug-likeness (QED) is 0.0704. The average Bonchev–Trinajstić information content (AvgIpc) is 2.92. The Bertz CT molecular complexity index is 1470. The van der Waals surface area contributed by atoms with Gasteiger partial charge < -0.3 is 54.3 Å². The van der Waals surface area contributed by atoms with Crippen molar-refractivity contribution in [3.05, 3.63) is 11.8 Å². The van der Waals surface area contributed by atoms with Crippen LogP contribution in [0.1, 0.15) is 6.92 Å². The standard InChI is InChI=1S/C22H36O23S3/c1-8-19(44-47(33,34)35)18(26)20(45-48(36,37)38)14(41-8)6-39-3-9-10(22(29)43-15(16(9)24)7-46(30,31)32)4-40-5-13-17(25)11(23)2-12(42-13)21(27)28/h2,8-11,13-20,22-26,29H,3-7H2,1H3,(H,27,28)(H,30,31,32)(H,33,34,35)(H,36,37,38)/t8?,9?,10?,11-,13+,14-,15?,16-,17?,18?,19+,20?,22+/m0/s1. The molecule has 26 heteroatoms. The van der Waals surface area contributed by atoms with Crippen LogP contribution in [0.5, 0.6) is 0 Å². The number of aliphatic hydroxyl groups is 5. The summed E-state index contributed by atoms with van der Waals surface area (Å²) in [5.41, 5.74) is 0. The predicted octanol–water partition coefficient (Wildman–Crippen LogP) is -5.17.